The van der Waals surface area contributed by atoms with Gasteiger partial charge in [-0.3, -0.25) is 4.79 Å². The summed E-state index contributed by atoms with van der Waals surface area (Å²) in [7, 11) is 1.35. The van der Waals surface area contributed by atoms with Crippen molar-refractivity contribution < 1.29 is 19.4 Å². The summed E-state index contributed by atoms with van der Waals surface area (Å²) in [5.74, 6) is -0.283. The first-order valence-electron chi connectivity index (χ1n) is 10.4. The monoisotopic (exact) mass is 392 g/mol. The molecule has 152 valence electrons. The lowest BCUT2D eigenvalue weighted by Crippen LogP contribution is -2.52. The highest BCUT2D eigenvalue weighted by molar-refractivity contribution is 6.02. The number of ether oxygens (including phenoxy) is 1. The Hall–Kier alpha value is -2.46. The minimum Gasteiger partial charge on any atom is -0.465 e. The molecular formula is C25H28O4. The lowest BCUT2D eigenvalue weighted by molar-refractivity contribution is -0.0503. The molecule has 3 atom stereocenters. The van der Waals surface area contributed by atoms with E-state index in [1.165, 1.54) is 12.7 Å². The SMILES string of the molecule is CC[C@@]1(O)CC[C@@]2(Cc3ccccc3)c3ccc(C(=O)OC)cc3C(=O)C[C@H]2C1. The number of Topliss-reactive ketones (excluding diaryl/α,β-unsaturated/α-hetero) is 1. The zero-order valence-electron chi connectivity index (χ0n) is 17.1. The number of carbonyl (C=O) groups is 2. The van der Waals surface area contributed by atoms with Crippen LogP contribution in [0.3, 0.4) is 0 Å². The Morgan fingerprint density at radius 1 is 1.17 bits per heavy atom. The van der Waals surface area contributed by atoms with Gasteiger partial charge in [0.2, 0.25) is 0 Å². The number of ketones is 1. The average Bonchev–Trinajstić information content (AvgIpc) is 2.75. The summed E-state index contributed by atoms with van der Waals surface area (Å²) < 4.78 is 4.85. The lowest BCUT2D eigenvalue weighted by Gasteiger charge is -2.53. The maximum Gasteiger partial charge on any atom is 0.337 e. The molecular weight excluding hydrogens is 364 g/mol. The van der Waals surface area contributed by atoms with Crippen molar-refractivity contribution >= 4 is 11.8 Å². The molecule has 0 bridgehead atoms. The number of aliphatic hydroxyl groups is 1. The van der Waals surface area contributed by atoms with E-state index in [1.807, 2.05) is 31.2 Å². The highest BCUT2D eigenvalue weighted by Crippen LogP contribution is 2.54. The topological polar surface area (TPSA) is 63.6 Å². The molecule has 0 heterocycles. The van der Waals surface area contributed by atoms with Gasteiger partial charge >= 0.3 is 5.97 Å². The van der Waals surface area contributed by atoms with Gasteiger partial charge in [-0.05, 0) is 61.3 Å². The van der Waals surface area contributed by atoms with Crippen LogP contribution in [0.15, 0.2) is 48.5 Å². The molecule has 0 unspecified atom stereocenters. The van der Waals surface area contributed by atoms with Gasteiger partial charge in [-0.1, -0.05) is 43.3 Å². The van der Waals surface area contributed by atoms with Crippen molar-refractivity contribution in [1.82, 2.24) is 0 Å². The predicted octanol–water partition coefficient (Wildman–Crippen LogP) is 4.48. The van der Waals surface area contributed by atoms with E-state index in [-0.39, 0.29) is 17.1 Å². The Balaban J connectivity index is 1.84. The fourth-order valence-electron chi connectivity index (χ4n) is 5.43. The van der Waals surface area contributed by atoms with Crippen LogP contribution < -0.4 is 0 Å². The van der Waals surface area contributed by atoms with Crippen molar-refractivity contribution in [2.45, 2.75) is 56.5 Å². The molecule has 2 aromatic carbocycles. The van der Waals surface area contributed by atoms with Gasteiger partial charge in [0.15, 0.2) is 5.78 Å². The summed E-state index contributed by atoms with van der Waals surface area (Å²) >= 11 is 0. The van der Waals surface area contributed by atoms with Crippen LogP contribution in [0.4, 0.5) is 0 Å². The minimum absolute atomic E-state index is 0.0554. The van der Waals surface area contributed by atoms with E-state index in [0.717, 1.165) is 24.8 Å². The number of methoxy groups -OCH3 is 1. The number of fused-ring (bicyclic) bond motifs is 3. The second kappa shape index (κ2) is 7.42. The third-order valence-electron chi connectivity index (χ3n) is 7.17. The Bertz CT molecular complexity index is 935. The molecule has 0 amide bonds. The quantitative estimate of drug-likeness (QED) is 0.779. The van der Waals surface area contributed by atoms with Gasteiger partial charge < -0.3 is 9.84 Å². The first kappa shape index (κ1) is 19.8. The van der Waals surface area contributed by atoms with Crippen molar-refractivity contribution in [3.63, 3.8) is 0 Å². The van der Waals surface area contributed by atoms with Crippen LogP contribution in [0.25, 0.3) is 0 Å². The normalized spacial score (nSPS) is 28.4. The molecule has 4 heteroatoms. The van der Waals surface area contributed by atoms with Gasteiger partial charge in [0.05, 0.1) is 18.3 Å². The van der Waals surface area contributed by atoms with Gasteiger partial charge in [-0.2, -0.15) is 0 Å². The molecule has 1 fully saturated rings. The number of esters is 1. The Morgan fingerprint density at radius 3 is 2.62 bits per heavy atom. The number of hydrogen-bond donors (Lipinski definition) is 1. The Kier molecular flexibility index (Phi) is 5.07. The van der Waals surface area contributed by atoms with Gasteiger partial charge in [-0.15, -0.1) is 0 Å². The van der Waals surface area contributed by atoms with Crippen LogP contribution in [0.1, 0.15) is 70.9 Å². The molecule has 2 aromatic rings. The van der Waals surface area contributed by atoms with E-state index >= 15 is 0 Å². The van der Waals surface area contributed by atoms with E-state index in [4.69, 9.17) is 4.74 Å². The number of benzene rings is 2. The van der Waals surface area contributed by atoms with E-state index in [2.05, 4.69) is 12.1 Å². The minimum atomic E-state index is -0.700. The number of rotatable bonds is 4. The molecule has 4 rings (SSSR count). The van der Waals surface area contributed by atoms with Crippen molar-refractivity contribution in [2.24, 2.45) is 5.92 Å². The molecule has 2 aliphatic rings. The van der Waals surface area contributed by atoms with Gasteiger partial charge in [0.1, 0.15) is 0 Å². The van der Waals surface area contributed by atoms with Crippen molar-refractivity contribution in [3.8, 4) is 0 Å². The third-order valence-corrected chi connectivity index (χ3v) is 7.17. The maximum atomic E-state index is 13.1. The summed E-state index contributed by atoms with van der Waals surface area (Å²) in [5, 5.41) is 11.0. The van der Waals surface area contributed by atoms with E-state index < -0.39 is 11.6 Å². The molecule has 0 aliphatic heterocycles. The predicted molar refractivity (Wildman–Crippen MR) is 111 cm³/mol. The Morgan fingerprint density at radius 2 is 1.93 bits per heavy atom. The van der Waals surface area contributed by atoms with E-state index in [9.17, 15) is 14.7 Å². The van der Waals surface area contributed by atoms with Crippen LogP contribution in [-0.4, -0.2) is 29.6 Å². The summed E-state index contributed by atoms with van der Waals surface area (Å²) in [5.41, 5.74) is 2.40. The van der Waals surface area contributed by atoms with Crippen molar-refractivity contribution in [2.75, 3.05) is 7.11 Å². The van der Waals surface area contributed by atoms with E-state index in [1.54, 1.807) is 12.1 Å². The molecule has 2 aliphatic carbocycles. The van der Waals surface area contributed by atoms with Crippen LogP contribution in [-0.2, 0) is 16.6 Å². The summed E-state index contributed by atoms with van der Waals surface area (Å²) in [4.78, 5) is 25.1. The second-order valence-electron chi connectivity index (χ2n) is 8.68. The molecule has 0 radical (unpaired) electrons. The van der Waals surface area contributed by atoms with Crippen LogP contribution in [0.5, 0.6) is 0 Å². The number of hydrogen-bond acceptors (Lipinski definition) is 4. The zero-order valence-corrected chi connectivity index (χ0v) is 17.1. The molecule has 1 saturated carbocycles. The zero-order chi connectivity index (χ0) is 20.6. The lowest BCUT2D eigenvalue weighted by atomic mass is 9.52. The largest absolute Gasteiger partial charge is 0.465 e. The third kappa shape index (κ3) is 3.40. The van der Waals surface area contributed by atoms with Crippen LogP contribution in [0.2, 0.25) is 0 Å². The highest BCUT2D eigenvalue weighted by atomic mass is 16.5. The van der Waals surface area contributed by atoms with Crippen molar-refractivity contribution in [3.05, 3.63) is 70.8 Å². The van der Waals surface area contributed by atoms with Crippen LogP contribution in [0, 0.1) is 5.92 Å². The molecule has 0 saturated heterocycles. The molecule has 1 N–H and O–H groups in total. The summed E-state index contributed by atoms with van der Waals surface area (Å²) in [6.07, 6.45) is 4.13. The smallest absolute Gasteiger partial charge is 0.337 e. The molecule has 29 heavy (non-hydrogen) atoms. The van der Waals surface area contributed by atoms with E-state index in [0.29, 0.717) is 30.4 Å². The second-order valence-corrected chi connectivity index (χ2v) is 8.68. The van der Waals surface area contributed by atoms with Crippen molar-refractivity contribution in [1.29, 1.82) is 0 Å². The fraction of sp³-hybridized carbons (Fsp3) is 0.440. The standard InChI is InChI=1S/C25H28O4/c1-3-24(28)11-12-25(15-17-7-5-4-6-8-17)19(16-24)14-22(26)20-13-18(23(27)29-2)9-10-21(20)25/h4-10,13,19,28H,3,11-12,14-16H2,1-2H3/t19-,24+,25-/m0/s1. The molecule has 4 nitrogen and oxygen atoms in total. The molecule has 0 aromatic heterocycles. The van der Waals surface area contributed by atoms with Gasteiger partial charge in [0.25, 0.3) is 0 Å². The summed E-state index contributed by atoms with van der Waals surface area (Å²) in [6, 6.07) is 15.8. The Labute approximate surface area is 171 Å². The number of carbonyl (C=O) groups excluding carboxylic acids is 2. The fourth-order valence-corrected chi connectivity index (χ4v) is 5.43. The highest BCUT2D eigenvalue weighted by Gasteiger charge is 2.52. The van der Waals surface area contributed by atoms with Crippen LogP contribution >= 0.6 is 0 Å². The maximum absolute atomic E-state index is 13.1. The first-order valence-corrected chi connectivity index (χ1v) is 10.4. The van der Waals surface area contributed by atoms with Gasteiger partial charge in [-0.25, -0.2) is 4.79 Å². The molecule has 0 spiro atoms. The first-order chi connectivity index (χ1) is 13.9. The average molecular weight is 392 g/mol. The summed E-state index contributed by atoms with van der Waals surface area (Å²) in [6.45, 7) is 2.02. The van der Waals surface area contributed by atoms with Gasteiger partial charge in [0, 0.05) is 17.4 Å².